The normalized spacial score (nSPS) is 30.0. The van der Waals surface area contributed by atoms with Crippen LogP contribution in [-0.2, 0) is 9.47 Å². The summed E-state index contributed by atoms with van der Waals surface area (Å²) in [6.07, 6.45) is -6.09. The molecule has 1 aromatic carbocycles. The zero-order valence-electron chi connectivity index (χ0n) is 11.5. The Labute approximate surface area is 125 Å². The average Bonchev–Trinajstić information content (AvgIpc) is 2.54. The SMILES string of the molecule is O=[N+]([O-])c1cccc(C2O[C@@H]([C@@H](O)CO)[C@@H](O)[C@@H](CO)O2)c1. The van der Waals surface area contributed by atoms with Crippen molar-refractivity contribution in [2.75, 3.05) is 13.2 Å². The summed E-state index contributed by atoms with van der Waals surface area (Å²) in [5.74, 6) is 0. The lowest BCUT2D eigenvalue weighted by Gasteiger charge is -2.40. The number of aliphatic hydroxyl groups is 4. The van der Waals surface area contributed by atoms with Gasteiger partial charge in [-0.15, -0.1) is 0 Å². The predicted molar refractivity (Wildman–Crippen MR) is 71.8 cm³/mol. The second-order valence-corrected chi connectivity index (χ2v) is 4.88. The molecule has 0 radical (unpaired) electrons. The topological polar surface area (TPSA) is 143 Å². The van der Waals surface area contributed by atoms with E-state index in [0.29, 0.717) is 5.56 Å². The van der Waals surface area contributed by atoms with Crippen LogP contribution in [0.4, 0.5) is 5.69 Å². The van der Waals surface area contributed by atoms with Gasteiger partial charge in [0, 0.05) is 17.7 Å². The molecular formula is C13H17NO8. The first-order chi connectivity index (χ1) is 10.5. The maximum absolute atomic E-state index is 10.8. The van der Waals surface area contributed by atoms with Crippen LogP contribution in [-0.4, -0.2) is 63.0 Å². The van der Waals surface area contributed by atoms with Crippen molar-refractivity contribution >= 4 is 5.69 Å². The number of hydrogen-bond donors (Lipinski definition) is 4. The first kappa shape index (κ1) is 16.7. The zero-order chi connectivity index (χ0) is 16.3. The van der Waals surface area contributed by atoms with E-state index in [2.05, 4.69) is 0 Å². The fraction of sp³-hybridized carbons (Fsp3) is 0.538. The first-order valence-electron chi connectivity index (χ1n) is 6.61. The number of hydrogen-bond acceptors (Lipinski definition) is 8. The van der Waals surface area contributed by atoms with E-state index in [1.807, 2.05) is 0 Å². The third-order valence-electron chi connectivity index (χ3n) is 3.40. The highest BCUT2D eigenvalue weighted by Gasteiger charge is 2.42. The van der Waals surface area contributed by atoms with Crippen LogP contribution in [0.1, 0.15) is 11.9 Å². The molecule has 9 nitrogen and oxygen atoms in total. The molecule has 4 N–H and O–H groups in total. The summed E-state index contributed by atoms with van der Waals surface area (Å²) in [7, 11) is 0. The van der Waals surface area contributed by atoms with Gasteiger partial charge in [-0.2, -0.15) is 0 Å². The Hall–Kier alpha value is -1.62. The minimum Gasteiger partial charge on any atom is -0.394 e. The van der Waals surface area contributed by atoms with Crippen molar-refractivity contribution in [3.8, 4) is 0 Å². The lowest BCUT2D eigenvalue weighted by Crippen LogP contribution is -2.54. The largest absolute Gasteiger partial charge is 0.394 e. The van der Waals surface area contributed by atoms with Crippen LogP contribution in [0.5, 0.6) is 0 Å². The molecule has 0 amide bonds. The van der Waals surface area contributed by atoms with Crippen molar-refractivity contribution in [3.63, 3.8) is 0 Å². The van der Waals surface area contributed by atoms with Crippen LogP contribution < -0.4 is 0 Å². The Balaban J connectivity index is 2.26. The van der Waals surface area contributed by atoms with Gasteiger partial charge in [-0.25, -0.2) is 0 Å². The van der Waals surface area contributed by atoms with E-state index in [1.165, 1.54) is 24.3 Å². The Morgan fingerprint density at radius 3 is 2.64 bits per heavy atom. The quantitative estimate of drug-likeness (QED) is 0.404. The molecule has 1 saturated heterocycles. The van der Waals surface area contributed by atoms with E-state index in [4.69, 9.17) is 14.6 Å². The Kier molecular flexibility index (Phi) is 5.40. The van der Waals surface area contributed by atoms with E-state index in [1.54, 1.807) is 0 Å². The summed E-state index contributed by atoms with van der Waals surface area (Å²) in [4.78, 5) is 10.2. The number of ether oxygens (including phenoxy) is 2. The van der Waals surface area contributed by atoms with Crippen LogP contribution in [0.2, 0.25) is 0 Å². The minimum absolute atomic E-state index is 0.171. The van der Waals surface area contributed by atoms with Crippen molar-refractivity contribution in [2.24, 2.45) is 0 Å². The van der Waals surface area contributed by atoms with Crippen LogP contribution in [0.3, 0.4) is 0 Å². The standard InChI is InChI=1S/C13H17NO8/c15-5-9(17)12-11(18)10(6-16)21-13(22-12)7-2-1-3-8(4-7)14(19)20/h1-4,9-13,15-18H,5-6H2/t9-,10+,11-,12-,13?/m0/s1. The minimum atomic E-state index is -1.38. The second-order valence-electron chi connectivity index (χ2n) is 4.88. The number of rotatable bonds is 5. The van der Waals surface area contributed by atoms with E-state index in [0.717, 1.165) is 0 Å². The lowest BCUT2D eigenvalue weighted by molar-refractivity contribution is -0.385. The van der Waals surface area contributed by atoms with Crippen molar-refractivity contribution < 1.29 is 34.8 Å². The van der Waals surface area contributed by atoms with Crippen LogP contribution in [0.15, 0.2) is 24.3 Å². The molecule has 1 aliphatic rings. The molecular weight excluding hydrogens is 298 g/mol. The first-order valence-corrected chi connectivity index (χ1v) is 6.61. The number of nitro benzene ring substituents is 1. The third kappa shape index (κ3) is 3.40. The molecule has 0 aromatic heterocycles. The second kappa shape index (κ2) is 7.09. The van der Waals surface area contributed by atoms with Crippen molar-refractivity contribution in [3.05, 3.63) is 39.9 Å². The molecule has 0 spiro atoms. The van der Waals surface area contributed by atoms with Gasteiger partial charge in [-0.05, 0) is 0 Å². The summed E-state index contributed by atoms with van der Waals surface area (Å²) in [6, 6.07) is 5.49. The number of non-ortho nitro benzene ring substituents is 1. The molecule has 2 rings (SSSR count). The van der Waals surface area contributed by atoms with Gasteiger partial charge in [0.15, 0.2) is 6.29 Å². The number of nitrogens with zero attached hydrogens (tertiary/aromatic N) is 1. The molecule has 1 aromatic rings. The average molecular weight is 315 g/mol. The zero-order valence-corrected chi connectivity index (χ0v) is 11.5. The predicted octanol–water partition coefficient (Wildman–Crippen LogP) is -0.916. The summed E-state index contributed by atoms with van der Waals surface area (Å²) in [5, 5.41) is 48.7. The maximum atomic E-state index is 10.8. The Morgan fingerprint density at radius 2 is 2.05 bits per heavy atom. The number of nitro groups is 1. The van der Waals surface area contributed by atoms with Crippen molar-refractivity contribution in [1.29, 1.82) is 0 Å². The maximum Gasteiger partial charge on any atom is 0.269 e. The van der Waals surface area contributed by atoms with Gasteiger partial charge in [0.25, 0.3) is 5.69 Å². The fourth-order valence-corrected chi connectivity index (χ4v) is 2.22. The Morgan fingerprint density at radius 1 is 1.32 bits per heavy atom. The van der Waals surface area contributed by atoms with Crippen LogP contribution in [0, 0.1) is 10.1 Å². The van der Waals surface area contributed by atoms with Gasteiger partial charge in [0.1, 0.15) is 24.4 Å². The summed E-state index contributed by atoms with van der Waals surface area (Å²) in [5.41, 5.74) is 0.130. The number of benzene rings is 1. The fourth-order valence-electron chi connectivity index (χ4n) is 2.22. The van der Waals surface area contributed by atoms with E-state index >= 15 is 0 Å². The molecule has 122 valence electrons. The van der Waals surface area contributed by atoms with E-state index in [-0.39, 0.29) is 5.69 Å². The van der Waals surface area contributed by atoms with Crippen LogP contribution in [0.25, 0.3) is 0 Å². The van der Waals surface area contributed by atoms with Crippen molar-refractivity contribution in [2.45, 2.75) is 30.7 Å². The highest BCUT2D eigenvalue weighted by atomic mass is 16.7. The third-order valence-corrected chi connectivity index (χ3v) is 3.40. The van der Waals surface area contributed by atoms with Gasteiger partial charge in [0.2, 0.25) is 0 Å². The van der Waals surface area contributed by atoms with Gasteiger partial charge in [0.05, 0.1) is 18.1 Å². The van der Waals surface area contributed by atoms with E-state index < -0.39 is 48.8 Å². The van der Waals surface area contributed by atoms with Gasteiger partial charge in [-0.1, -0.05) is 12.1 Å². The lowest BCUT2D eigenvalue weighted by atomic mass is 10.0. The molecule has 1 fully saturated rings. The molecule has 22 heavy (non-hydrogen) atoms. The van der Waals surface area contributed by atoms with Crippen LogP contribution >= 0.6 is 0 Å². The highest BCUT2D eigenvalue weighted by Crippen LogP contribution is 2.32. The molecule has 1 unspecified atom stereocenters. The molecule has 1 heterocycles. The molecule has 5 atom stereocenters. The summed E-state index contributed by atoms with van der Waals surface area (Å²) in [6.45, 7) is -1.19. The number of aliphatic hydroxyl groups excluding tert-OH is 4. The van der Waals surface area contributed by atoms with E-state index in [9.17, 15) is 25.4 Å². The highest BCUT2D eigenvalue weighted by molar-refractivity contribution is 5.35. The Bertz CT molecular complexity index is 525. The van der Waals surface area contributed by atoms with Crippen molar-refractivity contribution in [1.82, 2.24) is 0 Å². The molecule has 0 saturated carbocycles. The van der Waals surface area contributed by atoms with Gasteiger partial charge < -0.3 is 29.9 Å². The monoisotopic (exact) mass is 315 g/mol. The summed E-state index contributed by atoms with van der Waals surface area (Å²) >= 11 is 0. The molecule has 0 aliphatic carbocycles. The summed E-state index contributed by atoms with van der Waals surface area (Å²) < 4.78 is 10.7. The molecule has 0 bridgehead atoms. The van der Waals surface area contributed by atoms with Gasteiger partial charge >= 0.3 is 0 Å². The molecule has 9 heteroatoms. The smallest absolute Gasteiger partial charge is 0.269 e. The molecule has 1 aliphatic heterocycles. The van der Waals surface area contributed by atoms with Gasteiger partial charge in [-0.3, -0.25) is 10.1 Å².